The van der Waals surface area contributed by atoms with E-state index in [-0.39, 0.29) is 16.2 Å². The third-order valence-electron chi connectivity index (χ3n) is 3.05. The second-order valence-corrected chi connectivity index (χ2v) is 6.42. The van der Waals surface area contributed by atoms with Crippen molar-refractivity contribution in [1.82, 2.24) is 0 Å². The Balaban J connectivity index is 3.26. The first-order chi connectivity index (χ1) is 8.58. The Morgan fingerprint density at radius 2 is 1.58 bits per heavy atom. The second-order valence-electron chi connectivity index (χ2n) is 4.14. The maximum absolute atomic E-state index is 12.8. The number of hydrogen-bond donors (Lipinski definition) is 1. The number of sulfone groups is 1. The van der Waals surface area contributed by atoms with Gasteiger partial charge in [0.15, 0.2) is 15.4 Å². The van der Waals surface area contributed by atoms with Crippen molar-refractivity contribution in [1.29, 1.82) is 0 Å². The SMILES string of the molecule is CCC(O)(c1ccc(S(=O)(=O)CC)cc1)C(F)(F)F. The fourth-order valence-electron chi connectivity index (χ4n) is 1.67. The van der Waals surface area contributed by atoms with E-state index in [1.54, 1.807) is 0 Å². The summed E-state index contributed by atoms with van der Waals surface area (Å²) in [6, 6.07) is 4.17. The van der Waals surface area contributed by atoms with E-state index >= 15 is 0 Å². The summed E-state index contributed by atoms with van der Waals surface area (Å²) in [5.74, 6) is -0.135. The minimum absolute atomic E-state index is 0.0561. The average Bonchev–Trinajstić information content (AvgIpc) is 2.36. The molecule has 1 atom stereocenters. The minimum Gasteiger partial charge on any atom is -0.376 e. The van der Waals surface area contributed by atoms with Gasteiger partial charge in [-0.3, -0.25) is 0 Å². The lowest BCUT2D eigenvalue weighted by molar-refractivity contribution is -0.267. The monoisotopic (exact) mass is 296 g/mol. The van der Waals surface area contributed by atoms with Gasteiger partial charge in [-0.05, 0) is 24.1 Å². The molecule has 0 heterocycles. The summed E-state index contributed by atoms with van der Waals surface area (Å²) in [7, 11) is -3.47. The lowest BCUT2D eigenvalue weighted by Gasteiger charge is -2.29. The van der Waals surface area contributed by atoms with E-state index in [4.69, 9.17) is 0 Å². The molecule has 1 aromatic carbocycles. The van der Waals surface area contributed by atoms with E-state index < -0.39 is 28.0 Å². The standard InChI is InChI=1S/C12H15F3O3S/c1-3-11(16,12(13,14)15)9-5-7-10(8-6-9)19(17,18)4-2/h5-8,16H,3-4H2,1-2H3. The highest BCUT2D eigenvalue weighted by Crippen LogP contribution is 2.41. The van der Waals surface area contributed by atoms with Crippen LogP contribution in [0.2, 0.25) is 0 Å². The largest absolute Gasteiger partial charge is 0.421 e. The predicted molar refractivity (Wildman–Crippen MR) is 64.4 cm³/mol. The van der Waals surface area contributed by atoms with Crippen LogP contribution in [0.4, 0.5) is 13.2 Å². The molecule has 1 N–H and O–H groups in total. The average molecular weight is 296 g/mol. The highest BCUT2D eigenvalue weighted by atomic mass is 32.2. The maximum Gasteiger partial charge on any atom is 0.421 e. The van der Waals surface area contributed by atoms with Gasteiger partial charge in [-0.25, -0.2) is 8.42 Å². The van der Waals surface area contributed by atoms with Crippen LogP contribution < -0.4 is 0 Å². The lowest BCUT2D eigenvalue weighted by atomic mass is 9.90. The van der Waals surface area contributed by atoms with E-state index in [1.165, 1.54) is 13.8 Å². The molecular formula is C12H15F3O3S. The molecule has 19 heavy (non-hydrogen) atoms. The molecule has 0 aliphatic heterocycles. The number of benzene rings is 1. The summed E-state index contributed by atoms with van der Waals surface area (Å²) < 4.78 is 61.6. The first kappa shape index (κ1) is 16.0. The van der Waals surface area contributed by atoms with Crippen LogP contribution in [0.25, 0.3) is 0 Å². The number of rotatable bonds is 4. The van der Waals surface area contributed by atoms with Gasteiger partial charge in [0.25, 0.3) is 0 Å². The maximum atomic E-state index is 12.8. The zero-order valence-corrected chi connectivity index (χ0v) is 11.3. The molecule has 7 heteroatoms. The van der Waals surface area contributed by atoms with Crippen molar-refractivity contribution in [2.45, 2.75) is 36.9 Å². The molecule has 108 valence electrons. The molecule has 1 rings (SSSR count). The van der Waals surface area contributed by atoms with Gasteiger partial charge in [-0.2, -0.15) is 13.2 Å². The van der Waals surface area contributed by atoms with Gasteiger partial charge < -0.3 is 5.11 Å². The van der Waals surface area contributed by atoms with Crippen LogP contribution >= 0.6 is 0 Å². The summed E-state index contributed by atoms with van der Waals surface area (Å²) in [6.45, 7) is 2.66. The predicted octanol–water partition coefficient (Wildman–Crippen LogP) is 2.64. The van der Waals surface area contributed by atoms with Gasteiger partial charge in [0.2, 0.25) is 0 Å². The topological polar surface area (TPSA) is 54.4 Å². The quantitative estimate of drug-likeness (QED) is 0.929. The second kappa shape index (κ2) is 5.13. The molecule has 0 aliphatic carbocycles. The molecule has 1 unspecified atom stereocenters. The van der Waals surface area contributed by atoms with Crippen molar-refractivity contribution in [3.63, 3.8) is 0 Å². The minimum atomic E-state index is -4.81. The molecule has 0 bridgehead atoms. The van der Waals surface area contributed by atoms with Crippen LogP contribution in [0.15, 0.2) is 29.2 Å². The molecule has 0 saturated carbocycles. The van der Waals surface area contributed by atoms with E-state index in [9.17, 15) is 26.7 Å². The van der Waals surface area contributed by atoms with Crippen LogP contribution in [-0.4, -0.2) is 25.5 Å². The van der Waals surface area contributed by atoms with Crippen molar-refractivity contribution >= 4 is 9.84 Å². The van der Waals surface area contributed by atoms with Crippen LogP contribution in [0, 0.1) is 0 Å². The Morgan fingerprint density at radius 3 is 1.89 bits per heavy atom. The molecule has 0 spiro atoms. The Labute approximate surface area is 110 Å². The molecule has 0 aromatic heterocycles. The Morgan fingerprint density at radius 1 is 1.11 bits per heavy atom. The molecule has 1 aromatic rings. The summed E-state index contributed by atoms with van der Waals surface area (Å²) in [5.41, 5.74) is -3.32. The molecular weight excluding hydrogens is 281 g/mol. The van der Waals surface area contributed by atoms with Crippen molar-refractivity contribution in [3.8, 4) is 0 Å². The number of aliphatic hydroxyl groups is 1. The molecule has 0 saturated heterocycles. The summed E-state index contributed by atoms with van der Waals surface area (Å²) in [5, 5.41) is 9.70. The number of alkyl halides is 3. The highest BCUT2D eigenvalue weighted by Gasteiger charge is 2.53. The van der Waals surface area contributed by atoms with Crippen molar-refractivity contribution in [2.24, 2.45) is 0 Å². The summed E-state index contributed by atoms with van der Waals surface area (Å²) in [6.07, 6.45) is -5.36. The fraction of sp³-hybridized carbons (Fsp3) is 0.500. The van der Waals surface area contributed by atoms with Crippen LogP contribution in [0.3, 0.4) is 0 Å². The first-order valence-electron chi connectivity index (χ1n) is 5.71. The van der Waals surface area contributed by atoms with Gasteiger partial charge in [0.1, 0.15) is 0 Å². The molecule has 0 amide bonds. The van der Waals surface area contributed by atoms with Crippen LogP contribution in [0.1, 0.15) is 25.8 Å². The van der Waals surface area contributed by atoms with Crippen LogP contribution in [-0.2, 0) is 15.4 Å². The molecule has 3 nitrogen and oxygen atoms in total. The van der Waals surface area contributed by atoms with Crippen LogP contribution in [0.5, 0.6) is 0 Å². The van der Waals surface area contributed by atoms with Gasteiger partial charge >= 0.3 is 6.18 Å². The number of halogens is 3. The van der Waals surface area contributed by atoms with Crippen molar-refractivity contribution in [2.75, 3.05) is 5.75 Å². The lowest BCUT2D eigenvalue weighted by Crippen LogP contribution is -2.41. The summed E-state index contributed by atoms with van der Waals surface area (Å²) >= 11 is 0. The Kier molecular flexibility index (Phi) is 4.31. The zero-order chi connectivity index (χ0) is 14.9. The Hall–Kier alpha value is -1.08. The van der Waals surface area contributed by atoms with Gasteiger partial charge in [-0.1, -0.05) is 26.0 Å². The van der Waals surface area contributed by atoms with Crippen molar-refractivity contribution in [3.05, 3.63) is 29.8 Å². The van der Waals surface area contributed by atoms with E-state index in [0.717, 1.165) is 24.3 Å². The smallest absolute Gasteiger partial charge is 0.376 e. The fourth-order valence-corrected chi connectivity index (χ4v) is 2.56. The molecule has 0 aliphatic rings. The number of hydrogen-bond acceptors (Lipinski definition) is 3. The van der Waals surface area contributed by atoms with Gasteiger partial charge in [0.05, 0.1) is 10.6 Å². The normalized spacial score (nSPS) is 16.1. The molecule has 0 fully saturated rings. The molecule has 0 radical (unpaired) electrons. The van der Waals surface area contributed by atoms with E-state index in [0.29, 0.717) is 0 Å². The van der Waals surface area contributed by atoms with Gasteiger partial charge in [-0.15, -0.1) is 0 Å². The van der Waals surface area contributed by atoms with E-state index in [2.05, 4.69) is 0 Å². The third kappa shape index (κ3) is 2.92. The summed E-state index contributed by atoms with van der Waals surface area (Å²) in [4.78, 5) is -0.0561. The highest BCUT2D eigenvalue weighted by molar-refractivity contribution is 7.91. The van der Waals surface area contributed by atoms with Crippen molar-refractivity contribution < 1.29 is 26.7 Å². The van der Waals surface area contributed by atoms with E-state index in [1.807, 2.05) is 0 Å². The zero-order valence-electron chi connectivity index (χ0n) is 10.5. The Bertz CT molecular complexity index is 534. The first-order valence-corrected chi connectivity index (χ1v) is 7.36. The third-order valence-corrected chi connectivity index (χ3v) is 4.80. The van der Waals surface area contributed by atoms with Gasteiger partial charge in [0, 0.05) is 0 Å².